The van der Waals surface area contributed by atoms with Gasteiger partial charge < -0.3 is 5.32 Å². The first-order chi connectivity index (χ1) is 14.7. The molecule has 0 saturated carbocycles. The zero-order chi connectivity index (χ0) is 20.8. The van der Waals surface area contributed by atoms with Crippen molar-refractivity contribution in [3.63, 3.8) is 0 Å². The van der Waals surface area contributed by atoms with Gasteiger partial charge in [-0.1, -0.05) is 77.2 Å². The van der Waals surface area contributed by atoms with Gasteiger partial charge in [-0.05, 0) is 37.3 Å². The highest BCUT2D eigenvalue weighted by Gasteiger charge is 2.17. The van der Waals surface area contributed by atoms with Crippen molar-refractivity contribution in [1.29, 1.82) is 0 Å². The van der Waals surface area contributed by atoms with E-state index >= 15 is 0 Å². The summed E-state index contributed by atoms with van der Waals surface area (Å²) in [6.07, 6.45) is 4.77. The van der Waals surface area contributed by atoms with E-state index in [1.807, 2.05) is 49.5 Å². The summed E-state index contributed by atoms with van der Waals surface area (Å²) in [7, 11) is 0. The fourth-order valence-corrected chi connectivity index (χ4v) is 4.08. The minimum absolute atomic E-state index is 0.122. The second-order valence-corrected chi connectivity index (χ2v) is 8.05. The Hall–Kier alpha value is -3.32. The number of carbonyl (C=O) groups is 1. The lowest BCUT2D eigenvalue weighted by molar-refractivity contribution is 0.0954. The maximum Gasteiger partial charge on any atom is 0.263 e. The molecule has 7 heteroatoms. The van der Waals surface area contributed by atoms with Crippen LogP contribution in [0.4, 0.5) is 0 Å². The van der Waals surface area contributed by atoms with Crippen LogP contribution in [0, 0.1) is 6.92 Å². The van der Waals surface area contributed by atoms with Gasteiger partial charge in [0.1, 0.15) is 4.88 Å². The van der Waals surface area contributed by atoms with Crippen molar-refractivity contribution in [2.75, 3.05) is 0 Å². The lowest BCUT2D eigenvalue weighted by Crippen LogP contribution is -2.22. The second kappa shape index (κ2) is 9.45. The SMILES string of the molecule is Cc1nc(-n2cc(CCCc3ccccc3)nn2)sc1C(=O)NCc1ccccc1. The van der Waals surface area contributed by atoms with Crippen LogP contribution in [-0.4, -0.2) is 25.9 Å². The zero-order valence-corrected chi connectivity index (χ0v) is 17.6. The molecule has 0 fully saturated rings. The smallest absolute Gasteiger partial charge is 0.263 e. The molecule has 1 N–H and O–H groups in total. The van der Waals surface area contributed by atoms with Crippen LogP contribution in [0.5, 0.6) is 0 Å². The zero-order valence-electron chi connectivity index (χ0n) is 16.8. The van der Waals surface area contributed by atoms with Crippen LogP contribution in [0.1, 0.15) is 38.6 Å². The first-order valence-electron chi connectivity index (χ1n) is 9.94. The largest absolute Gasteiger partial charge is 0.347 e. The van der Waals surface area contributed by atoms with Crippen LogP contribution in [0.3, 0.4) is 0 Å². The van der Waals surface area contributed by atoms with Gasteiger partial charge in [-0.2, -0.15) is 4.68 Å². The molecule has 0 atom stereocenters. The highest BCUT2D eigenvalue weighted by atomic mass is 32.1. The molecule has 0 saturated heterocycles. The lowest BCUT2D eigenvalue weighted by atomic mass is 10.1. The van der Waals surface area contributed by atoms with Crippen molar-refractivity contribution in [3.8, 4) is 5.13 Å². The van der Waals surface area contributed by atoms with Crippen molar-refractivity contribution in [3.05, 3.63) is 94.3 Å². The summed E-state index contributed by atoms with van der Waals surface area (Å²) in [5.74, 6) is -0.122. The fourth-order valence-electron chi connectivity index (χ4n) is 3.17. The molecule has 4 aromatic rings. The van der Waals surface area contributed by atoms with E-state index in [1.165, 1.54) is 16.9 Å². The van der Waals surface area contributed by atoms with Crippen molar-refractivity contribution >= 4 is 17.2 Å². The number of aromatic nitrogens is 4. The van der Waals surface area contributed by atoms with Gasteiger partial charge >= 0.3 is 0 Å². The Morgan fingerprint density at radius 3 is 2.43 bits per heavy atom. The molecule has 2 heterocycles. The van der Waals surface area contributed by atoms with Crippen LogP contribution in [0.2, 0.25) is 0 Å². The summed E-state index contributed by atoms with van der Waals surface area (Å²) in [4.78, 5) is 17.7. The normalized spacial score (nSPS) is 10.8. The van der Waals surface area contributed by atoms with Crippen molar-refractivity contribution < 1.29 is 4.79 Å². The minimum Gasteiger partial charge on any atom is -0.347 e. The molecule has 0 aliphatic carbocycles. The maximum atomic E-state index is 12.6. The van der Waals surface area contributed by atoms with E-state index in [4.69, 9.17) is 0 Å². The number of hydrogen-bond acceptors (Lipinski definition) is 5. The quantitative estimate of drug-likeness (QED) is 0.468. The third-order valence-corrected chi connectivity index (χ3v) is 5.91. The summed E-state index contributed by atoms with van der Waals surface area (Å²) in [6.45, 7) is 2.33. The van der Waals surface area contributed by atoms with Gasteiger partial charge in [0, 0.05) is 6.54 Å². The predicted molar refractivity (Wildman–Crippen MR) is 118 cm³/mol. The van der Waals surface area contributed by atoms with E-state index in [2.05, 4.69) is 44.9 Å². The third kappa shape index (κ3) is 4.99. The van der Waals surface area contributed by atoms with Crippen molar-refractivity contribution in [2.24, 2.45) is 0 Å². The summed E-state index contributed by atoms with van der Waals surface area (Å²) in [5, 5.41) is 12.1. The molecule has 152 valence electrons. The molecule has 0 radical (unpaired) electrons. The summed E-state index contributed by atoms with van der Waals surface area (Å²) in [6, 6.07) is 20.3. The molecule has 1 amide bonds. The topological polar surface area (TPSA) is 72.7 Å². The van der Waals surface area contributed by atoms with Gasteiger partial charge in [0.05, 0.1) is 17.6 Å². The molecule has 30 heavy (non-hydrogen) atoms. The Morgan fingerprint density at radius 2 is 1.70 bits per heavy atom. The Kier molecular flexibility index (Phi) is 6.29. The summed E-state index contributed by atoms with van der Waals surface area (Å²) in [5.41, 5.74) is 4.01. The maximum absolute atomic E-state index is 12.6. The Balaban J connectivity index is 1.36. The Bertz CT molecular complexity index is 1110. The average molecular weight is 418 g/mol. The van der Waals surface area contributed by atoms with Gasteiger partial charge in [0.15, 0.2) is 0 Å². The number of nitrogens with one attached hydrogen (secondary N) is 1. The highest BCUT2D eigenvalue weighted by molar-refractivity contribution is 7.16. The van der Waals surface area contributed by atoms with Gasteiger partial charge in [0.25, 0.3) is 5.91 Å². The van der Waals surface area contributed by atoms with E-state index in [9.17, 15) is 4.79 Å². The number of amides is 1. The third-order valence-electron chi connectivity index (χ3n) is 4.77. The van der Waals surface area contributed by atoms with Crippen LogP contribution in [-0.2, 0) is 19.4 Å². The van der Waals surface area contributed by atoms with E-state index in [0.717, 1.165) is 30.5 Å². The standard InChI is InChI=1S/C23H23N5OS/c1-17-21(22(29)24-15-19-11-6-3-7-12-19)30-23(25-17)28-16-20(26-27-28)14-8-13-18-9-4-2-5-10-18/h2-7,9-12,16H,8,13-15H2,1H3,(H,24,29). The minimum atomic E-state index is -0.122. The van der Waals surface area contributed by atoms with Gasteiger partial charge in [0.2, 0.25) is 5.13 Å². The Morgan fingerprint density at radius 1 is 1.00 bits per heavy atom. The number of nitrogens with zero attached hydrogens (tertiary/aromatic N) is 4. The molecule has 4 rings (SSSR count). The molecule has 0 aliphatic rings. The monoisotopic (exact) mass is 417 g/mol. The first kappa shape index (κ1) is 20.0. The summed E-state index contributed by atoms with van der Waals surface area (Å²) < 4.78 is 1.66. The molecular weight excluding hydrogens is 394 g/mol. The second-order valence-electron chi connectivity index (χ2n) is 7.07. The van der Waals surface area contributed by atoms with Gasteiger partial charge in [-0.25, -0.2) is 4.98 Å². The predicted octanol–water partition coefficient (Wildman–Crippen LogP) is 4.14. The molecule has 0 aliphatic heterocycles. The van der Waals surface area contributed by atoms with Crippen molar-refractivity contribution in [2.45, 2.75) is 32.7 Å². The molecule has 2 aromatic carbocycles. The van der Waals surface area contributed by atoms with Crippen LogP contribution in [0.25, 0.3) is 5.13 Å². The van der Waals surface area contributed by atoms with E-state index in [0.29, 0.717) is 22.2 Å². The Labute approximate surface area is 179 Å². The molecule has 0 bridgehead atoms. The fraction of sp³-hybridized carbons (Fsp3) is 0.217. The molecular formula is C23H23N5OS. The lowest BCUT2D eigenvalue weighted by Gasteiger charge is -2.03. The van der Waals surface area contributed by atoms with Crippen molar-refractivity contribution in [1.82, 2.24) is 25.3 Å². The van der Waals surface area contributed by atoms with E-state index < -0.39 is 0 Å². The molecule has 0 unspecified atom stereocenters. The van der Waals surface area contributed by atoms with Gasteiger partial charge in [-0.15, -0.1) is 5.10 Å². The first-order valence-corrected chi connectivity index (χ1v) is 10.8. The number of aryl methyl sites for hydroxylation is 3. The average Bonchev–Trinajstić information content (AvgIpc) is 3.40. The van der Waals surface area contributed by atoms with Gasteiger partial charge in [-0.3, -0.25) is 4.79 Å². The number of benzene rings is 2. The number of hydrogen-bond donors (Lipinski definition) is 1. The van der Waals surface area contributed by atoms with Crippen LogP contribution < -0.4 is 5.32 Å². The van der Waals surface area contributed by atoms with Crippen LogP contribution in [0.15, 0.2) is 66.9 Å². The number of thiazole rings is 1. The summed E-state index contributed by atoms with van der Waals surface area (Å²) >= 11 is 1.33. The highest BCUT2D eigenvalue weighted by Crippen LogP contribution is 2.21. The molecule has 2 aromatic heterocycles. The number of rotatable bonds is 8. The molecule has 6 nitrogen and oxygen atoms in total. The van der Waals surface area contributed by atoms with Crippen LogP contribution >= 0.6 is 11.3 Å². The van der Waals surface area contributed by atoms with E-state index in [1.54, 1.807) is 4.68 Å². The number of carbonyl (C=O) groups excluding carboxylic acids is 1. The molecule has 0 spiro atoms. The van der Waals surface area contributed by atoms with E-state index in [-0.39, 0.29) is 5.91 Å².